The molecule has 3 heterocycles. The van der Waals surface area contributed by atoms with E-state index in [2.05, 4.69) is 201 Å². The van der Waals surface area contributed by atoms with Gasteiger partial charge in [0.25, 0.3) is 17.9 Å². The highest BCUT2D eigenvalue weighted by Gasteiger charge is 2.46. The van der Waals surface area contributed by atoms with E-state index >= 15 is 0 Å². The van der Waals surface area contributed by atoms with Gasteiger partial charge >= 0.3 is 0 Å². The third-order valence-corrected chi connectivity index (χ3v) is 17.4. The molecule has 2 aliphatic heterocycles. The van der Waals surface area contributed by atoms with Crippen molar-refractivity contribution in [2.24, 2.45) is 0 Å². The molecule has 1 aromatic heterocycles. The van der Waals surface area contributed by atoms with Gasteiger partial charge in [0.15, 0.2) is 11.5 Å². The smallest absolute Gasteiger partial charge is 0.252 e. The first-order valence-electron chi connectivity index (χ1n) is 27.8. The quantitative estimate of drug-likeness (QED) is 0.0360. The molecule has 418 valence electrons. The first-order valence-corrected chi connectivity index (χ1v) is 27.8. The lowest BCUT2D eigenvalue weighted by Crippen LogP contribution is -2.61. The number of aromatic hydroxyl groups is 8. The maximum atomic E-state index is 11.9. The maximum Gasteiger partial charge on any atom is 0.252 e. The van der Waals surface area contributed by atoms with Gasteiger partial charge in [0.05, 0.1) is 5.69 Å². The van der Waals surface area contributed by atoms with E-state index in [-0.39, 0.29) is 16.5 Å². The van der Waals surface area contributed by atoms with Gasteiger partial charge in [-0.25, -0.2) is 0 Å². The number of benzene rings is 9. The molecule has 0 amide bonds. The highest BCUT2D eigenvalue weighted by molar-refractivity contribution is 7.00. The van der Waals surface area contributed by atoms with Gasteiger partial charge in [0.2, 0.25) is 34.5 Å². The Morgan fingerprint density at radius 3 is 1.51 bits per heavy atom. The third kappa shape index (κ3) is 7.67. The molecule has 8 N–H and O–H groups in total. The van der Waals surface area contributed by atoms with Gasteiger partial charge in [0, 0.05) is 45.1 Å². The van der Waals surface area contributed by atoms with Crippen molar-refractivity contribution in [1.82, 2.24) is 4.57 Å². The minimum absolute atomic E-state index is 0.113. The van der Waals surface area contributed by atoms with E-state index in [1.165, 1.54) is 11.1 Å². The van der Waals surface area contributed by atoms with E-state index in [4.69, 9.17) is 9.15 Å². The number of hydrogen-bond acceptors (Lipinski definition) is 12. The molecule has 0 spiro atoms. The lowest BCUT2D eigenvalue weighted by Gasteiger charge is -2.46. The molecule has 0 fully saturated rings. The Balaban J connectivity index is 1.20. The predicted molar refractivity (Wildman–Crippen MR) is 329 cm³/mol. The summed E-state index contributed by atoms with van der Waals surface area (Å²) in [6.45, 7) is 24.0. The van der Waals surface area contributed by atoms with Crippen LogP contribution in [0.3, 0.4) is 0 Å². The summed E-state index contributed by atoms with van der Waals surface area (Å²) in [7, 11) is 0. The Morgan fingerprint density at radius 2 is 0.904 bits per heavy atom. The Kier molecular flexibility index (Phi) is 11.3. The number of anilines is 6. The molecule has 13 nitrogen and oxygen atoms in total. The molecule has 9 aromatic carbocycles. The Labute approximate surface area is 480 Å². The molecule has 83 heavy (non-hydrogen) atoms. The highest BCUT2D eigenvalue weighted by atomic mass is 17.0. The normalized spacial score (nSPS) is 14.1. The summed E-state index contributed by atoms with van der Waals surface area (Å²) < 4.78 is 12.2. The van der Waals surface area contributed by atoms with E-state index in [9.17, 15) is 40.9 Å². The fraction of sp³-hybridized carbons (Fsp3) is 0.217. The molecular weight excluding hydrogens is 1040 g/mol. The van der Waals surface area contributed by atoms with Crippen LogP contribution >= 0.6 is 0 Å². The van der Waals surface area contributed by atoms with Gasteiger partial charge in [-0.1, -0.05) is 161 Å². The van der Waals surface area contributed by atoms with Crippen molar-refractivity contribution < 1.29 is 50.0 Å². The molecule has 10 aromatic rings. The van der Waals surface area contributed by atoms with Crippen LogP contribution in [-0.2, 0) is 21.7 Å². The zero-order valence-electron chi connectivity index (χ0n) is 48.1. The number of nitrogens with zero attached hydrogens (tertiary/aromatic N) is 3. The minimum atomic E-state index is -1.16. The second-order valence-electron chi connectivity index (χ2n) is 25.9. The average Bonchev–Trinajstić information content (AvgIpc) is 2.87. The van der Waals surface area contributed by atoms with Crippen molar-refractivity contribution in [3.05, 3.63) is 167 Å². The van der Waals surface area contributed by atoms with E-state index < -0.39 is 85.7 Å². The highest BCUT2D eigenvalue weighted by Crippen LogP contribution is 2.56. The summed E-state index contributed by atoms with van der Waals surface area (Å²) >= 11 is 0. The number of aromatic nitrogens is 1. The van der Waals surface area contributed by atoms with Gasteiger partial charge in [-0.15, -0.1) is 0 Å². The first kappa shape index (κ1) is 52.8. The number of rotatable bonds is 4. The molecule has 0 unspecified atom stereocenters. The Morgan fingerprint density at radius 1 is 0.386 bits per heavy atom. The molecule has 13 rings (SSSR count). The van der Waals surface area contributed by atoms with Crippen molar-refractivity contribution in [2.45, 2.75) is 97.8 Å². The number of hydrogen-bond donors (Lipinski definition) is 8. The minimum Gasteiger partial charge on any atom is -0.503 e. The molecular formula is C69H64BN3O10. The number of fused-ring (bicyclic) bond motifs is 9. The monoisotopic (exact) mass is 1110 g/mol. The standard InChI is InChI=1S/C69H64BN3O10/c1-66(2,3)36-21-27-48(43(29-36)35-17-13-12-14-18-35)73-49-28-22-37(67(4,5)6)30-47(49)70-46-26-24-40(72-54-56(74)58(76)60(78)62(80)64(54)82-83-65-55(72)57(75)59(77)61(79)63(65)81)34-50(46)71(51-31-38(68(7,8)9)32-52(73)53(51)70)39-23-25-42-41-19-15-16-20-44(41)69(10,11)45(42)33-39/h12-34,74-81H,1-11H3. The molecule has 0 atom stereocenters. The van der Waals surface area contributed by atoms with Gasteiger partial charge in [-0.05, 0) is 132 Å². The van der Waals surface area contributed by atoms with Crippen LogP contribution in [0.4, 0.5) is 34.1 Å². The van der Waals surface area contributed by atoms with Gasteiger partial charge in [-0.2, -0.15) is 0 Å². The van der Waals surface area contributed by atoms with E-state index in [0.717, 1.165) is 88.3 Å². The summed E-state index contributed by atoms with van der Waals surface area (Å²) in [5.41, 5.74) is 14.5. The van der Waals surface area contributed by atoms with Gasteiger partial charge in [-0.3, -0.25) is 13.7 Å². The van der Waals surface area contributed by atoms with Crippen molar-refractivity contribution in [2.75, 3.05) is 9.80 Å². The number of phenolic OH excluding ortho intramolecular Hbond substituents is 8. The second kappa shape index (κ2) is 17.7. The van der Waals surface area contributed by atoms with Crippen LogP contribution in [0, 0.1) is 0 Å². The molecule has 3 aliphatic rings. The average molecular weight is 1110 g/mol. The third-order valence-electron chi connectivity index (χ3n) is 17.4. The van der Waals surface area contributed by atoms with Crippen LogP contribution in [0.25, 0.3) is 50.1 Å². The summed E-state index contributed by atoms with van der Waals surface area (Å²) in [6, 6.07) is 49.3. The van der Waals surface area contributed by atoms with Crippen LogP contribution in [0.15, 0.2) is 149 Å². The summed E-state index contributed by atoms with van der Waals surface area (Å²) in [6.07, 6.45) is 0. The van der Waals surface area contributed by atoms with E-state index in [1.807, 2.05) is 18.2 Å². The fourth-order valence-electron chi connectivity index (χ4n) is 12.8. The summed E-state index contributed by atoms with van der Waals surface area (Å²) in [5, 5.41) is 91.1. The van der Waals surface area contributed by atoms with Crippen molar-refractivity contribution in [3.8, 4) is 73.9 Å². The van der Waals surface area contributed by atoms with Gasteiger partial charge < -0.3 is 50.7 Å². The second-order valence-corrected chi connectivity index (χ2v) is 25.9. The van der Waals surface area contributed by atoms with E-state index in [1.54, 1.807) is 6.07 Å². The van der Waals surface area contributed by atoms with Crippen molar-refractivity contribution in [1.29, 1.82) is 0 Å². The number of phenols is 8. The first-order chi connectivity index (χ1) is 39.2. The molecule has 14 heteroatoms. The topological polar surface area (TPSA) is 200 Å². The Hall–Kier alpha value is -9.56. The largest absolute Gasteiger partial charge is 0.503 e. The molecule has 0 saturated carbocycles. The van der Waals surface area contributed by atoms with E-state index in [0.29, 0.717) is 5.69 Å². The maximum absolute atomic E-state index is 11.9. The van der Waals surface area contributed by atoms with Crippen molar-refractivity contribution in [3.63, 3.8) is 0 Å². The summed E-state index contributed by atoms with van der Waals surface area (Å²) in [4.78, 5) is 4.69. The zero-order valence-corrected chi connectivity index (χ0v) is 48.1. The SMILES string of the molecule is CC(C)(C)c1ccc2c(c1)B1c3ccc(-n4c5c(O)c(O)c(O)c(O)c5ooc5c(O)c(O)c(O)c(O)c54)cc3N(c3ccc4c(c3)C(C)(C)c3ccccc3-4)c3cc(C(C)(C)C)cc(c31)N2c1ccc(C(C)(C)C)cc1-c1ccccc1. The lowest BCUT2D eigenvalue weighted by molar-refractivity contribution is 0.0869. The molecule has 1 aliphatic carbocycles. The fourth-order valence-corrected chi connectivity index (χ4v) is 12.8. The van der Waals surface area contributed by atoms with Gasteiger partial charge in [0.1, 0.15) is 11.0 Å². The predicted octanol–water partition coefficient (Wildman–Crippen LogP) is 14.7. The summed E-state index contributed by atoms with van der Waals surface area (Å²) in [5.74, 6) is -8.81. The molecule has 0 saturated heterocycles. The molecule has 0 bridgehead atoms. The van der Waals surface area contributed by atoms with Crippen LogP contribution in [0.2, 0.25) is 0 Å². The van der Waals surface area contributed by atoms with Crippen LogP contribution in [-0.4, -0.2) is 52.1 Å². The Bertz CT molecular complexity index is 4410. The van der Waals surface area contributed by atoms with Crippen LogP contribution in [0.1, 0.15) is 104 Å². The van der Waals surface area contributed by atoms with Crippen LogP contribution in [0.5, 0.6) is 46.0 Å². The lowest BCUT2D eigenvalue weighted by atomic mass is 9.33. The molecule has 0 radical (unpaired) electrons. The van der Waals surface area contributed by atoms with Crippen molar-refractivity contribution >= 4 is 79.4 Å². The zero-order chi connectivity index (χ0) is 58.9. The van der Waals surface area contributed by atoms with Crippen LogP contribution < -0.4 is 26.2 Å².